The maximum Gasteiger partial charge on any atom is 0.208 e. The van der Waals surface area contributed by atoms with E-state index in [0.717, 1.165) is 17.0 Å². The molecule has 78 valence electrons. The molecule has 1 aromatic carbocycles. The first-order chi connectivity index (χ1) is 7.22. The minimum absolute atomic E-state index is 0.297. The molecule has 1 aromatic heterocycles. The van der Waals surface area contributed by atoms with Crippen molar-refractivity contribution in [2.24, 2.45) is 5.73 Å². The molecular formula is C11H11ClN2O. The van der Waals surface area contributed by atoms with Crippen molar-refractivity contribution in [2.75, 3.05) is 0 Å². The molecule has 0 radical (unpaired) electrons. The zero-order chi connectivity index (χ0) is 10.8. The molecule has 0 bridgehead atoms. The molecule has 0 aliphatic carbocycles. The molecule has 2 aromatic rings. The molecule has 2 N–H and O–H groups in total. The van der Waals surface area contributed by atoms with Gasteiger partial charge < -0.3 is 10.2 Å². The van der Waals surface area contributed by atoms with Gasteiger partial charge in [-0.1, -0.05) is 29.8 Å². The SMILES string of the molecule is Cc1oc(CN)nc1-c1ccccc1Cl. The van der Waals surface area contributed by atoms with Crippen LogP contribution in [0, 0.1) is 6.92 Å². The van der Waals surface area contributed by atoms with E-state index in [1.165, 1.54) is 0 Å². The Morgan fingerprint density at radius 2 is 2.13 bits per heavy atom. The van der Waals surface area contributed by atoms with Gasteiger partial charge in [-0.2, -0.15) is 0 Å². The number of nitrogens with zero attached hydrogens (tertiary/aromatic N) is 1. The van der Waals surface area contributed by atoms with Crippen LogP contribution in [0.1, 0.15) is 11.7 Å². The van der Waals surface area contributed by atoms with Crippen molar-refractivity contribution in [3.8, 4) is 11.3 Å². The molecule has 0 unspecified atom stereocenters. The zero-order valence-corrected chi connectivity index (χ0v) is 9.08. The van der Waals surface area contributed by atoms with Crippen molar-refractivity contribution < 1.29 is 4.42 Å². The number of hydrogen-bond donors (Lipinski definition) is 1. The Kier molecular flexibility index (Phi) is 2.75. The normalized spacial score (nSPS) is 10.6. The van der Waals surface area contributed by atoms with Crippen LogP contribution >= 0.6 is 11.6 Å². The molecule has 0 saturated heterocycles. The van der Waals surface area contributed by atoms with Crippen LogP contribution in [0.5, 0.6) is 0 Å². The molecule has 0 fully saturated rings. The van der Waals surface area contributed by atoms with Gasteiger partial charge in [0.15, 0.2) is 0 Å². The average molecular weight is 223 g/mol. The molecule has 3 nitrogen and oxygen atoms in total. The van der Waals surface area contributed by atoms with Crippen LogP contribution in [0.25, 0.3) is 11.3 Å². The Morgan fingerprint density at radius 3 is 2.73 bits per heavy atom. The van der Waals surface area contributed by atoms with Crippen LogP contribution in [-0.4, -0.2) is 4.98 Å². The average Bonchev–Trinajstić information content (AvgIpc) is 2.60. The van der Waals surface area contributed by atoms with Crippen molar-refractivity contribution in [2.45, 2.75) is 13.5 Å². The zero-order valence-electron chi connectivity index (χ0n) is 8.33. The summed E-state index contributed by atoms with van der Waals surface area (Å²) in [5.74, 6) is 1.27. The summed E-state index contributed by atoms with van der Waals surface area (Å²) in [6.45, 7) is 2.15. The van der Waals surface area contributed by atoms with Crippen molar-refractivity contribution in [1.29, 1.82) is 0 Å². The van der Waals surface area contributed by atoms with E-state index in [-0.39, 0.29) is 0 Å². The van der Waals surface area contributed by atoms with E-state index in [1.54, 1.807) is 0 Å². The molecule has 2 rings (SSSR count). The van der Waals surface area contributed by atoms with E-state index in [4.69, 9.17) is 21.8 Å². The number of nitrogens with two attached hydrogens (primary N) is 1. The fourth-order valence-electron chi connectivity index (χ4n) is 1.44. The minimum Gasteiger partial charge on any atom is -0.444 e. The van der Waals surface area contributed by atoms with Gasteiger partial charge in [0, 0.05) is 5.56 Å². The van der Waals surface area contributed by atoms with E-state index in [0.29, 0.717) is 17.5 Å². The number of aromatic nitrogens is 1. The quantitative estimate of drug-likeness (QED) is 0.850. The Bertz CT molecular complexity index is 479. The second-order valence-corrected chi connectivity index (χ2v) is 3.60. The highest BCUT2D eigenvalue weighted by Gasteiger charge is 2.12. The van der Waals surface area contributed by atoms with Gasteiger partial charge >= 0.3 is 0 Å². The molecule has 0 amide bonds. The van der Waals surface area contributed by atoms with E-state index >= 15 is 0 Å². The maximum atomic E-state index is 6.07. The van der Waals surface area contributed by atoms with Crippen molar-refractivity contribution in [3.05, 3.63) is 40.9 Å². The molecule has 0 spiro atoms. The number of oxazole rings is 1. The van der Waals surface area contributed by atoms with Crippen LogP contribution in [0.3, 0.4) is 0 Å². The van der Waals surface area contributed by atoms with Crippen LogP contribution < -0.4 is 5.73 Å². The first-order valence-electron chi connectivity index (χ1n) is 4.63. The van der Waals surface area contributed by atoms with Crippen molar-refractivity contribution >= 4 is 11.6 Å². The Morgan fingerprint density at radius 1 is 1.40 bits per heavy atom. The third kappa shape index (κ3) is 1.89. The number of benzene rings is 1. The number of rotatable bonds is 2. The smallest absolute Gasteiger partial charge is 0.208 e. The summed E-state index contributed by atoms with van der Waals surface area (Å²) in [7, 11) is 0. The number of aryl methyl sites for hydroxylation is 1. The summed E-state index contributed by atoms with van der Waals surface area (Å²) in [5, 5.41) is 0.664. The fraction of sp³-hybridized carbons (Fsp3) is 0.182. The predicted molar refractivity (Wildman–Crippen MR) is 59.6 cm³/mol. The molecule has 4 heteroatoms. The summed E-state index contributed by atoms with van der Waals surface area (Å²) in [6.07, 6.45) is 0. The van der Waals surface area contributed by atoms with E-state index < -0.39 is 0 Å². The van der Waals surface area contributed by atoms with Crippen LogP contribution in [0.4, 0.5) is 0 Å². The van der Waals surface area contributed by atoms with Gasteiger partial charge in [-0.3, -0.25) is 0 Å². The monoisotopic (exact) mass is 222 g/mol. The summed E-state index contributed by atoms with van der Waals surface area (Å²) >= 11 is 6.07. The first-order valence-corrected chi connectivity index (χ1v) is 5.01. The van der Waals surface area contributed by atoms with E-state index in [1.807, 2.05) is 31.2 Å². The standard InChI is InChI=1S/C11H11ClN2O/c1-7-11(14-10(6-13)15-7)8-4-2-3-5-9(8)12/h2-5H,6,13H2,1H3. The molecule has 0 saturated carbocycles. The second-order valence-electron chi connectivity index (χ2n) is 3.20. The minimum atomic E-state index is 0.297. The highest BCUT2D eigenvalue weighted by molar-refractivity contribution is 6.33. The molecular weight excluding hydrogens is 212 g/mol. The van der Waals surface area contributed by atoms with Crippen LogP contribution in [0.2, 0.25) is 5.02 Å². The maximum absolute atomic E-state index is 6.07. The predicted octanol–water partition coefficient (Wildman–Crippen LogP) is 2.76. The third-order valence-corrected chi connectivity index (χ3v) is 2.47. The van der Waals surface area contributed by atoms with Gasteiger partial charge in [-0.15, -0.1) is 0 Å². The Hall–Kier alpha value is -1.32. The second kappa shape index (κ2) is 4.04. The lowest BCUT2D eigenvalue weighted by Crippen LogP contribution is -1.95. The van der Waals surface area contributed by atoms with Gasteiger partial charge in [0.2, 0.25) is 5.89 Å². The summed E-state index contributed by atoms with van der Waals surface area (Å²) in [5.41, 5.74) is 7.10. The molecule has 1 heterocycles. The van der Waals surface area contributed by atoms with Crippen LogP contribution in [-0.2, 0) is 6.54 Å². The van der Waals surface area contributed by atoms with Crippen LogP contribution in [0.15, 0.2) is 28.7 Å². The lowest BCUT2D eigenvalue weighted by molar-refractivity contribution is 0.474. The lowest BCUT2D eigenvalue weighted by atomic mass is 10.1. The molecule has 0 aliphatic rings. The number of hydrogen-bond acceptors (Lipinski definition) is 3. The van der Waals surface area contributed by atoms with Gasteiger partial charge in [0.25, 0.3) is 0 Å². The molecule has 15 heavy (non-hydrogen) atoms. The summed E-state index contributed by atoms with van der Waals surface area (Å²) in [4.78, 5) is 4.28. The van der Waals surface area contributed by atoms with Gasteiger partial charge in [-0.05, 0) is 13.0 Å². The van der Waals surface area contributed by atoms with Gasteiger partial charge in [0.05, 0.1) is 11.6 Å². The Labute approximate surface area is 92.9 Å². The van der Waals surface area contributed by atoms with Crippen molar-refractivity contribution in [3.63, 3.8) is 0 Å². The number of halogens is 1. The summed E-state index contributed by atoms with van der Waals surface area (Å²) < 4.78 is 5.38. The highest BCUT2D eigenvalue weighted by Crippen LogP contribution is 2.29. The summed E-state index contributed by atoms with van der Waals surface area (Å²) in [6, 6.07) is 7.53. The van der Waals surface area contributed by atoms with Crippen molar-refractivity contribution in [1.82, 2.24) is 4.98 Å². The van der Waals surface area contributed by atoms with Gasteiger partial charge in [0.1, 0.15) is 11.5 Å². The van der Waals surface area contributed by atoms with E-state index in [2.05, 4.69) is 4.98 Å². The van der Waals surface area contributed by atoms with E-state index in [9.17, 15) is 0 Å². The fourth-order valence-corrected chi connectivity index (χ4v) is 1.67. The lowest BCUT2D eigenvalue weighted by Gasteiger charge is -1.99. The largest absolute Gasteiger partial charge is 0.444 e. The molecule has 0 aliphatic heterocycles. The molecule has 0 atom stereocenters. The topological polar surface area (TPSA) is 52.0 Å². The van der Waals surface area contributed by atoms with Gasteiger partial charge in [-0.25, -0.2) is 4.98 Å². The Balaban J connectivity index is 2.54. The first kappa shape index (κ1) is 10.2. The highest BCUT2D eigenvalue weighted by atomic mass is 35.5. The third-order valence-electron chi connectivity index (χ3n) is 2.14.